The summed E-state index contributed by atoms with van der Waals surface area (Å²) in [5, 5.41) is 0. The number of hydrazine groups is 1. The Balaban J connectivity index is 2.39. The van der Waals surface area contributed by atoms with Crippen molar-refractivity contribution < 1.29 is 13.9 Å². The Bertz CT molecular complexity index is 578. The van der Waals surface area contributed by atoms with Crippen LogP contribution >= 0.6 is 0 Å². The summed E-state index contributed by atoms with van der Waals surface area (Å²) in [6.07, 6.45) is 0. The van der Waals surface area contributed by atoms with Gasteiger partial charge in [-0.05, 0) is 41.8 Å². The SMILES string of the molecule is COc1ccc(C(NN)c2ccc(OC)c(F)c2)cc1C. The van der Waals surface area contributed by atoms with Crippen molar-refractivity contribution in [3.8, 4) is 11.5 Å². The van der Waals surface area contributed by atoms with E-state index in [0.717, 1.165) is 22.4 Å². The van der Waals surface area contributed by atoms with Gasteiger partial charge in [0.1, 0.15) is 5.75 Å². The Kier molecular flexibility index (Phi) is 4.77. The highest BCUT2D eigenvalue weighted by Crippen LogP contribution is 2.28. The number of hydrogen-bond donors (Lipinski definition) is 2. The van der Waals surface area contributed by atoms with Crippen LogP contribution in [-0.2, 0) is 0 Å². The summed E-state index contributed by atoms with van der Waals surface area (Å²) in [6, 6.07) is 10.2. The predicted octanol–water partition coefficient (Wildman–Crippen LogP) is 2.70. The molecule has 21 heavy (non-hydrogen) atoms. The Hall–Kier alpha value is -2.11. The maximum Gasteiger partial charge on any atom is 0.165 e. The first-order valence-corrected chi connectivity index (χ1v) is 6.54. The van der Waals surface area contributed by atoms with E-state index in [1.165, 1.54) is 13.2 Å². The summed E-state index contributed by atoms with van der Waals surface area (Å²) in [7, 11) is 3.06. The molecule has 1 unspecified atom stereocenters. The molecule has 0 aliphatic carbocycles. The Labute approximate surface area is 123 Å². The molecule has 2 aromatic rings. The average molecular weight is 290 g/mol. The molecule has 0 radical (unpaired) electrons. The third-order valence-electron chi connectivity index (χ3n) is 3.43. The molecule has 4 nitrogen and oxygen atoms in total. The minimum atomic E-state index is -0.416. The van der Waals surface area contributed by atoms with Crippen molar-refractivity contribution in [2.45, 2.75) is 13.0 Å². The minimum Gasteiger partial charge on any atom is -0.496 e. The second kappa shape index (κ2) is 6.56. The van der Waals surface area contributed by atoms with Crippen molar-refractivity contribution in [2.75, 3.05) is 14.2 Å². The van der Waals surface area contributed by atoms with Gasteiger partial charge in [-0.2, -0.15) is 0 Å². The number of nitrogens with two attached hydrogens (primary N) is 1. The normalized spacial score (nSPS) is 12.0. The average Bonchev–Trinajstić information content (AvgIpc) is 2.48. The van der Waals surface area contributed by atoms with Crippen LogP contribution in [0.1, 0.15) is 22.7 Å². The number of hydrogen-bond acceptors (Lipinski definition) is 4. The zero-order chi connectivity index (χ0) is 15.4. The van der Waals surface area contributed by atoms with E-state index in [9.17, 15) is 4.39 Å². The zero-order valence-electron chi connectivity index (χ0n) is 12.3. The third kappa shape index (κ3) is 3.15. The largest absolute Gasteiger partial charge is 0.496 e. The minimum absolute atomic E-state index is 0.209. The van der Waals surface area contributed by atoms with Crippen molar-refractivity contribution >= 4 is 0 Å². The molecule has 112 valence electrons. The van der Waals surface area contributed by atoms with E-state index in [0.29, 0.717) is 0 Å². The maximum atomic E-state index is 13.8. The lowest BCUT2D eigenvalue weighted by atomic mass is 9.97. The monoisotopic (exact) mass is 290 g/mol. The molecule has 0 spiro atoms. The maximum absolute atomic E-state index is 13.8. The van der Waals surface area contributed by atoms with Crippen molar-refractivity contribution in [2.24, 2.45) is 5.84 Å². The zero-order valence-corrected chi connectivity index (χ0v) is 12.3. The molecular formula is C16H19FN2O2. The van der Waals surface area contributed by atoms with E-state index in [1.54, 1.807) is 19.2 Å². The van der Waals surface area contributed by atoms with Crippen LogP contribution in [0, 0.1) is 12.7 Å². The fraction of sp³-hybridized carbons (Fsp3) is 0.250. The molecule has 0 aromatic heterocycles. The molecule has 2 rings (SSSR count). The van der Waals surface area contributed by atoms with Crippen LogP contribution in [0.2, 0.25) is 0 Å². The number of aryl methyl sites for hydroxylation is 1. The van der Waals surface area contributed by atoms with Gasteiger partial charge < -0.3 is 9.47 Å². The number of nitrogens with one attached hydrogen (secondary N) is 1. The van der Waals surface area contributed by atoms with Crippen molar-refractivity contribution in [1.82, 2.24) is 5.43 Å². The Morgan fingerprint density at radius 1 is 1.00 bits per heavy atom. The van der Waals surface area contributed by atoms with Crippen LogP contribution in [0.15, 0.2) is 36.4 Å². The van der Waals surface area contributed by atoms with Gasteiger partial charge in [-0.1, -0.05) is 18.2 Å². The van der Waals surface area contributed by atoms with Crippen molar-refractivity contribution in [1.29, 1.82) is 0 Å². The van der Waals surface area contributed by atoms with Crippen LogP contribution in [0.4, 0.5) is 4.39 Å². The van der Waals surface area contributed by atoms with Crippen molar-refractivity contribution in [3.63, 3.8) is 0 Å². The van der Waals surface area contributed by atoms with Gasteiger partial charge in [0.25, 0.3) is 0 Å². The van der Waals surface area contributed by atoms with Crippen LogP contribution in [0.5, 0.6) is 11.5 Å². The second-order valence-electron chi connectivity index (χ2n) is 4.72. The Morgan fingerprint density at radius 2 is 1.57 bits per heavy atom. The molecule has 0 heterocycles. The molecule has 0 aliphatic heterocycles. The molecule has 0 amide bonds. The lowest BCUT2D eigenvalue weighted by molar-refractivity contribution is 0.385. The van der Waals surface area contributed by atoms with Gasteiger partial charge >= 0.3 is 0 Å². The summed E-state index contributed by atoms with van der Waals surface area (Å²) in [4.78, 5) is 0. The van der Waals surface area contributed by atoms with E-state index >= 15 is 0 Å². The highest BCUT2D eigenvalue weighted by Gasteiger charge is 2.16. The molecule has 5 heteroatoms. The Morgan fingerprint density at radius 3 is 2.05 bits per heavy atom. The molecule has 0 aliphatic rings. The van der Waals surface area contributed by atoms with Gasteiger partial charge in [0.05, 0.1) is 20.3 Å². The van der Waals surface area contributed by atoms with E-state index in [2.05, 4.69) is 5.43 Å². The first-order chi connectivity index (χ1) is 10.1. The van der Waals surface area contributed by atoms with Crippen LogP contribution in [0.25, 0.3) is 0 Å². The lowest BCUT2D eigenvalue weighted by Crippen LogP contribution is -2.29. The van der Waals surface area contributed by atoms with E-state index in [1.807, 2.05) is 25.1 Å². The topological polar surface area (TPSA) is 56.5 Å². The van der Waals surface area contributed by atoms with Crippen molar-refractivity contribution in [3.05, 3.63) is 58.9 Å². The molecule has 0 fully saturated rings. The van der Waals surface area contributed by atoms with E-state index in [4.69, 9.17) is 15.3 Å². The second-order valence-corrected chi connectivity index (χ2v) is 4.72. The molecule has 0 saturated heterocycles. The number of methoxy groups -OCH3 is 2. The van der Waals surface area contributed by atoms with E-state index < -0.39 is 5.82 Å². The lowest BCUT2D eigenvalue weighted by Gasteiger charge is -2.19. The predicted molar refractivity (Wildman–Crippen MR) is 79.8 cm³/mol. The standard InChI is InChI=1S/C16H19FN2O2/c1-10-8-11(4-6-14(10)20-2)16(19-18)12-5-7-15(21-3)13(17)9-12/h4-9,16,19H,18H2,1-3H3. The summed E-state index contributed by atoms with van der Waals surface area (Å²) in [6.45, 7) is 1.95. The van der Waals surface area contributed by atoms with Gasteiger partial charge in [0.2, 0.25) is 0 Å². The molecule has 3 N–H and O–H groups in total. The smallest absolute Gasteiger partial charge is 0.165 e. The highest BCUT2D eigenvalue weighted by molar-refractivity contribution is 5.42. The quantitative estimate of drug-likeness (QED) is 0.656. The van der Waals surface area contributed by atoms with Gasteiger partial charge in [-0.3, -0.25) is 5.84 Å². The van der Waals surface area contributed by atoms with Crippen LogP contribution in [-0.4, -0.2) is 14.2 Å². The van der Waals surface area contributed by atoms with Gasteiger partial charge in [-0.25, -0.2) is 9.82 Å². The third-order valence-corrected chi connectivity index (χ3v) is 3.43. The first kappa shape index (κ1) is 15.3. The summed E-state index contributed by atoms with van der Waals surface area (Å²) >= 11 is 0. The summed E-state index contributed by atoms with van der Waals surface area (Å²) in [5.41, 5.74) is 5.36. The molecule has 1 atom stereocenters. The first-order valence-electron chi connectivity index (χ1n) is 6.54. The number of benzene rings is 2. The molecule has 0 saturated carbocycles. The van der Waals surface area contributed by atoms with Crippen LogP contribution < -0.4 is 20.7 Å². The number of rotatable bonds is 5. The van der Waals surface area contributed by atoms with Gasteiger partial charge in [0.15, 0.2) is 11.6 Å². The number of halogens is 1. The van der Waals surface area contributed by atoms with E-state index in [-0.39, 0.29) is 11.8 Å². The molecule has 2 aromatic carbocycles. The fourth-order valence-corrected chi connectivity index (χ4v) is 2.33. The van der Waals surface area contributed by atoms with Gasteiger partial charge in [-0.15, -0.1) is 0 Å². The van der Waals surface area contributed by atoms with Gasteiger partial charge in [0, 0.05) is 0 Å². The summed E-state index contributed by atoms with van der Waals surface area (Å²) < 4.78 is 24.0. The number of ether oxygens (including phenoxy) is 2. The molecular weight excluding hydrogens is 271 g/mol. The highest BCUT2D eigenvalue weighted by atomic mass is 19.1. The van der Waals surface area contributed by atoms with Crippen LogP contribution in [0.3, 0.4) is 0 Å². The summed E-state index contributed by atoms with van der Waals surface area (Å²) in [5.74, 6) is 6.24. The fourth-order valence-electron chi connectivity index (χ4n) is 2.33. The molecule has 0 bridgehead atoms.